The van der Waals surface area contributed by atoms with Gasteiger partial charge in [-0.1, -0.05) is 24.3 Å². The molecule has 20 heavy (non-hydrogen) atoms. The Morgan fingerprint density at radius 3 is 2.60 bits per heavy atom. The summed E-state index contributed by atoms with van der Waals surface area (Å²) in [6.45, 7) is 7.06. The van der Waals surface area contributed by atoms with Crippen LogP contribution in [0.1, 0.15) is 29.9 Å². The summed E-state index contributed by atoms with van der Waals surface area (Å²) in [6, 6.07) is 9.06. The molecule has 0 amide bonds. The summed E-state index contributed by atoms with van der Waals surface area (Å²) >= 11 is 5.83. The van der Waals surface area contributed by atoms with Gasteiger partial charge >= 0.3 is 0 Å². The number of piperazine rings is 1. The molecule has 0 saturated carbocycles. The second kappa shape index (κ2) is 6.93. The van der Waals surface area contributed by atoms with Gasteiger partial charge in [0, 0.05) is 45.1 Å². The van der Waals surface area contributed by atoms with Gasteiger partial charge in [-0.25, -0.2) is 0 Å². The Balaban J connectivity index is 1.57. The van der Waals surface area contributed by atoms with Crippen LogP contribution in [-0.4, -0.2) is 54.9 Å². The van der Waals surface area contributed by atoms with E-state index in [1.165, 1.54) is 52.0 Å². The molecule has 1 fully saturated rings. The van der Waals surface area contributed by atoms with Crippen molar-refractivity contribution in [1.82, 2.24) is 9.80 Å². The number of benzene rings is 1. The monoisotopic (exact) mass is 292 g/mol. The lowest BCUT2D eigenvalue weighted by atomic mass is 9.82. The zero-order chi connectivity index (χ0) is 13.8. The SMILES string of the molecule is ClCCN1CCN(CC2CCCc3ccccc32)CC1. The molecular weight excluding hydrogens is 268 g/mol. The summed E-state index contributed by atoms with van der Waals surface area (Å²) in [4.78, 5) is 5.13. The molecule has 2 nitrogen and oxygen atoms in total. The summed E-state index contributed by atoms with van der Waals surface area (Å²) in [5.41, 5.74) is 3.20. The highest BCUT2D eigenvalue weighted by molar-refractivity contribution is 6.18. The van der Waals surface area contributed by atoms with Gasteiger partial charge in [0.1, 0.15) is 0 Å². The van der Waals surface area contributed by atoms with Gasteiger partial charge in [-0.3, -0.25) is 4.90 Å². The second-order valence-electron chi connectivity index (χ2n) is 6.12. The summed E-state index contributed by atoms with van der Waals surface area (Å²) in [5.74, 6) is 1.51. The molecule has 1 aliphatic carbocycles. The summed E-state index contributed by atoms with van der Waals surface area (Å²) in [5, 5.41) is 0. The highest BCUT2D eigenvalue weighted by Crippen LogP contribution is 2.32. The highest BCUT2D eigenvalue weighted by atomic mass is 35.5. The fraction of sp³-hybridized carbons (Fsp3) is 0.647. The highest BCUT2D eigenvalue weighted by Gasteiger charge is 2.24. The number of rotatable bonds is 4. The van der Waals surface area contributed by atoms with Gasteiger partial charge in [0.05, 0.1) is 0 Å². The average molecular weight is 293 g/mol. The maximum atomic E-state index is 5.83. The van der Waals surface area contributed by atoms with E-state index in [2.05, 4.69) is 34.1 Å². The van der Waals surface area contributed by atoms with E-state index in [4.69, 9.17) is 11.6 Å². The van der Waals surface area contributed by atoms with Crippen LogP contribution in [0.5, 0.6) is 0 Å². The van der Waals surface area contributed by atoms with E-state index in [0.717, 1.165) is 18.3 Å². The minimum absolute atomic E-state index is 0.750. The standard InChI is InChI=1S/C17H25ClN2/c18-8-9-19-10-12-20(13-11-19)14-16-6-3-5-15-4-1-2-7-17(15)16/h1-2,4,7,16H,3,5-6,8-14H2. The molecule has 1 saturated heterocycles. The van der Waals surface area contributed by atoms with E-state index in [1.807, 2.05) is 0 Å². The maximum Gasteiger partial charge on any atom is 0.0351 e. The minimum Gasteiger partial charge on any atom is -0.300 e. The first-order valence-electron chi connectivity index (χ1n) is 7.95. The van der Waals surface area contributed by atoms with Crippen LogP contribution in [0.4, 0.5) is 0 Å². The number of fused-ring (bicyclic) bond motifs is 1. The van der Waals surface area contributed by atoms with Crippen LogP contribution >= 0.6 is 11.6 Å². The van der Waals surface area contributed by atoms with E-state index < -0.39 is 0 Å². The van der Waals surface area contributed by atoms with Crippen LogP contribution < -0.4 is 0 Å². The van der Waals surface area contributed by atoms with Crippen molar-refractivity contribution in [1.29, 1.82) is 0 Å². The predicted molar refractivity (Wildman–Crippen MR) is 85.7 cm³/mol. The quantitative estimate of drug-likeness (QED) is 0.787. The fourth-order valence-corrected chi connectivity index (χ4v) is 3.91. The molecule has 1 aromatic rings. The number of halogens is 1. The van der Waals surface area contributed by atoms with Crippen LogP contribution in [0.15, 0.2) is 24.3 Å². The van der Waals surface area contributed by atoms with E-state index in [9.17, 15) is 0 Å². The van der Waals surface area contributed by atoms with E-state index in [-0.39, 0.29) is 0 Å². The molecule has 3 heteroatoms. The fourth-order valence-electron chi connectivity index (χ4n) is 3.67. The Bertz CT molecular complexity index is 427. The molecule has 1 atom stereocenters. The van der Waals surface area contributed by atoms with Crippen LogP contribution in [-0.2, 0) is 6.42 Å². The zero-order valence-electron chi connectivity index (χ0n) is 12.2. The van der Waals surface area contributed by atoms with Crippen molar-refractivity contribution in [2.24, 2.45) is 0 Å². The molecular formula is C17H25ClN2. The van der Waals surface area contributed by atoms with Crippen molar-refractivity contribution in [2.45, 2.75) is 25.2 Å². The first kappa shape index (κ1) is 14.4. The first-order valence-corrected chi connectivity index (χ1v) is 8.49. The van der Waals surface area contributed by atoms with Gasteiger partial charge in [0.25, 0.3) is 0 Å². The minimum atomic E-state index is 0.750. The number of alkyl halides is 1. The van der Waals surface area contributed by atoms with Crippen LogP contribution in [0.3, 0.4) is 0 Å². The third-order valence-corrected chi connectivity index (χ3v) is 5.01. The third kappa shape index (κ3) is 3.36. The van der Waals surface area contributed by atoms with E-state index in [0.29, 0.717) is 0 Å². The van der Waals surface area contributed by atoms with Gasteiger partial charge in [-0.15, -0.1) is 11.6 Å². The molecule has 0 spiro atoms. The Labute approximate surface area is 127 Å². The van der Waals surface area contributed by atoms with Crippen molar-refractivity contribution in [3.05, 3.63) is 35.4 Å². The largest absolute Gasteiger partial charge is 0.300 e. The summed E-state index contributed by atoms with van der Waals surface area (Å²) < 4.78 is 0. The van der Waals surface area contributed by atoms with Gasteiger partial charge in [-0.2, -0.15) is 0 Å². The first-order chi connectivity index (χ1) is 9.86. The Morgan fingerprint density at radius 1 is 1.05 bits per heavy atom. The van der Waals surface area contributed by atoms with Crippen molar-refractivity contribution in [3.8, 4) is 0 Å². The lowest BCUT2D eigenvalue weighted by Gasteiger charge is -2.37. The normalized spacial score (nSPS) is 24.6. The van der Waals surface area contributed by atoms with Crippen molar-refractivity contribution < 1.29 is 0 Å². The molecule has 3 rings (SSSR count). The second-order valence-corrected chi connectivity index (χ2v) is 6.50. The molecule has 1 aromatic carbocycles. The van der Waals surface area contributed by atoms with Gasteiger partial charge < -0.3 is 4.90 Å². The number of hydrogen-bond acceptors (Lipinski definition) is 2. The average Bonchev–Trinajstić information content (AvgIpc) is 2.50. The summed E-state index contributed by atoms with van der Waals surface area (Å²) in [6.07, 6.45) is 3.99. The summed E-state index contributed by atoms with van der Waals surface area (Å²) in [7, 11) is 0. The predicted octanol–water partition coefficient (Wildman–Crippen LogP) is 2.96. The number of nitrogens with zero attached hydrogens (tertiary/aromatic N) is 2. The Kier molecular flexibility index (Phi) is 4.98. The van der Waals surface area contributed by atoms with Crippen LogP contribution in [0.2, 0.25) is 0 Å². The maximum absolute atomic E-state index is 5.83. The van der Waals surface area contributed by atoms with Crippen molar-refractivity contribution in [3.63, 3.8) is 0 Å². The topological polar surface area (TPSA) is 6.48 Å². The molecule has 110 valence electrons. The molecule has 1 aliphatic heterocycles. The van der Waals surface area contributed by atoms with E-state index >= 15 is 0 Å². The van der Waals surface area contributed by atoms with Gasteiger partial charge in [0.2, 0.25) is 0 Å². The van der Waals surface area contributed by atoms with Crippen LogP contribution in [0, 0.1) is 0 Å². The molecule has 0 bridgehead atoms. The lowest BCUT2D eigenvalue weighted by molar-refractivity contribution is 0.129. The Hall–Kier alpha value is -0.570. The van der Waals surface area contributed by atoms with Crippen LogP contribution in [0.25, 0.3) is 0 Å². The molecule has 1 unspecified atom stereocenters. The smallest absolute Gasteiger partial charge is 0.0351 e. The molecule has 0 radical (unpaired) electrons. The molecule has 0 aromatic heterocycles. The number of hydrogen-bond donors (Lipinski definition) is 0. The zero-order valence-corrected chi connectivity index (χ0v) is 13.0. The van der Waals surface area contributed by atoms with Crippen molar-refractivity contribution in [2.75, 3.05) is 45.1 Å². The lowest BCUT2D eigenvalue weighted by Crippen LogP contribution is -2.48. The third-order valence-electron chi connectivity index (χ3n) is 4.84. The van der Waals surface area contributed by atoms with E-state index in [1.54, 1.807) is 11.1 Å². The molecule has 2 aliphatic rings. The molecule has 0 N–H and O–H groups in total. The van der Waals surface area contributed by atoms with Gasteiger partial charge in [-0.05, 0) is 36.3 Å². The Morgan fingerprint density at radius 2 is 1.80 bits per heavy atom. The van der Waals surface area contributed by atoms with Gasteiger partial charge in [0.15, 0.2) is 0 Å². The molecule has 1 heterocycles. The van der Waals surface area contributed by atoms with Crippen molar-refractivity contribution >= 4 is 11.6 Å². The number of aryl methyl sites for hydroxylation is 1.